The van der Waals surface area contributed by atoms with E-state index < -0.39 is 0 Å². The van der Waals surface area contributed by atoms with Gasteiger partial charge in [-0.3, -0.25) is 14.5 Å². The zero-order chi connectivity index (χ0) is 22.8. The third-order valence-electron chi connectivity index (χ3n) is 6.12. The quantitative estimate of drug-likeness (QED) is 0.667. The third-order valence-corrected chi connectivity index (χ3v) is 6.12. The number of nitrogens with one attached hydrogen (secondary N) is 1. The molecule has 1 unspecified atom stereocenters. The van der Waals surface area contributed by atoms with Crippen LogP contribution in [-0.4, -0.2) is 64.5 Å². The van der Waals surface area contributed by atoms with Crippen LogP contribution in [0.4, 0.5) is 5.69 Å². The van der Waals surface area contributed by atoms with Crippen LogP contribution in [0.2, 0.25) is 0 Å². The van der Waals surface area contributed by atoms with Gasteiger partial charge in [-0.1, -0.05) is 12.1 Å². The molecule has 8 nitrogen and oxygen atoms in total. The van der Waals surface area contributed by atoms with E-state index in [4.69, 9.17) is 4.74 Å². The second-order valence-corrected chi connectivity index (χ2v) is 8.21. The Morgan fingerprint density at radius 1 is 1.16 bits per heavy atom. The average molecular weight is 436 g/mol. The van der Waals surface area contributed by atoms with Gasteiger partial charge >= 0.3 is 0 Å². The average Bonchev–Trinajstić information content (AvgIpc) is 3.06. The van der Waals surface area contributed by atoms with Crippen LogP contribution in [0, 0.1) is 6.92 Å². The number of fused-ring (bicyclic) bond motifs is 1. The van der Waals surface area contributed by atoms with Crippen LogP contribution in [0.15, 0.2) is 42.5 Å². The van der Waals surface area contributed by atoms with Crippen LogP contribution >= 0.6 is 0 Å². The number of benzene rings is 2. The first kappa shape index (κ1) is 21.8. The molecule has 3 aromatic rings. The lowest BCUT2D eigenvalue weighted by atomic mass is 10.0. The van der Waals surface area contributed by atoms with Crippen LogP contribution in [0.25, 0.3) is 11.0 Å². The minimum atomic E-state index is -0.104. The van der Waals surface area contributed by atoms with Gasteiger partial charge in [-0.15, -0.1) is 0 Å². The molecule has 4 rings (SSSR count). The second kappa shape index (κ2) is 9.00. The predicted molar refractivity (Wildman–Crippen MR) is 124 cm³/mol. The summed E-state index contributed by atoms with van der Waals surface area (Å²) in [6.07, 6.45) is 0. The zero-order valence-electron chi connectivity index (χ0n) is 19.0. The van der Waals surface area contributed by atoms with Crippen molar-refractivity contribution < 1.29 is 14.3 Å². The van der Waals surface area contributed by atoms with Crippen LogP contribution in [0.5, 0.6) is 5.75 Å². The van der Waals surface area contributed by atoms with Crippen molar-refractivity contribution in [2.45, 2.75) is 19.9 Å². The van der Waals surface area contributed by atoms with Gasteiger partial charge in [0.1, 0.15) is 11.6 Å². The highest BCUT2D eigenvalue weighted by atomic mass is 16.5. The summed E-state index contributed by atoms with van der Waals surface area (Å²) < 4.78 is 7.27. The molecule has 1 aromatic heterocycles. The largest absolute Gasteiger partial charge is 0.497 e. The number of hydrogen-bond acceptors (Lipinski definition) is 5. The van der Waals surface area contributed by atoms with E-state index in [1.807, 2.05) is 65.9 Å². The Kier molecular flexibility index (Phi) is 6.14. The molecule has 0 aliphatic carbocycles. The highest BCUT2D eigenvalue weighted by Crippen LogP contribution is 2.27. The zero-order valence-corrected chi connectivity index (χ0v) is 19.0. The molecule has 1 N–H and O–H groups in total. The van der Waals surface area contributed by atoms with Crippen molar-refractivity contribution in [3.05, 3.63) is 53.9 Å². The Bertz CT molecular complexity index is 1140. The highest BCUT2D eigenvalue weighted by molar-refractivity contribution is 5.94. The smallest absolute Gasteiger partial charge is 0.238 e. The highest BCUT2D eigenvalue weighted by Gasteiger charge is 2.30. The number of amides is 2. The Balaban J connectivity index is 1.44. The topological polar surface area (TPSA) is 79.7 Å². The summed E-state index contributed by atoms with van der Waals surface area (Å²) >= 11 is 0. The number of imidazole rings is 1. The monoisotopic (exact) mass is 435 g/mol. The van der Waals surface area contributed by atoms with Crippen molar-refractivity contribution in [2.24, 2.45) is 7.05 Å². The molecule has 1 atom stereocenters. The van der Waals surface area contributed by atoms with E-state index >= 15 is 0 Å². The first-order chi connectivity index (χ1) is 15.4. The lowest BCUT2D eigenvalue weighted by Gasteiger charge is -2.41. The van der Waals surface area contributed by atoms with E-state index in [1.165, 1.54) is 0 Å². The molecule has 8 heteroatoms. The molecule has 1 fully saturated rings. The number of ether oxygens (including phenoxy) is 1. The van der Waals surface area contributed by atoms with E-state index in [0.29, 0.717) is 19.6 Å². The first-order valence-electron chi connectivity index (χ1n) is 10.7. The molecule has 1 aliphatic heterocycles. The molecule has 1 saturated heterocycles. The fourth-order valence-corrected chi connectivity index (χ4v) is 4.27. The summed E-state index contributed by atoms with van der Waals surface area (Å²) in [5.74, 6) is 1.65. The molecule has 2 amide bonds. The number of nitrogens with zero attached hydrogens (tertiary/aromatic N) is 4. The summed E-state index contributed by atoms with van der Waals surface area (Å²) in [5.41, 5.74) is 3.65. The van der Waals surface area contributed by atoms with Gasteiger partial charge in [-0.05, 0) is 42.8 Å². The molecule has 0 radical (unpaired) electrons. The molecule has 0 spiro atoms. The summed E-state index contributed by atoms with van der Waals surface area (Å²) in [5, 5.41) is 2.99. The van der Waals surface area contributed by atoms with Crippen molar-refractivity contribution >= 4 is 28.5 Å². The first-order valence-corrected chi connectivity index (χ1v) is 10.7. The number of anilines is 1. The number of hydrogen-bond donors (Lipinski definition) is 1. The predicted octanol–water partition coefficient (Wildman–Crippen LogP) is 2.73. The van der Waals surface area contributed by atoms with Gasteiger partial charge < -0.3 is 19.5 Å². The Hall–Kier alpha value is -3.39. The van der Waals surface area contributed by atoms with Gasteiger partial charge in [0.15, 0.2) is 0 Å². The maximum atomic E-state index is 12.8. The SMILES string of the molecule is COc1ccc(C2CN(CC(=O)Nc3ccc4c(c3)nc(C)n4C)CCN2C(C)=O)cc1. The fraction of sp³-hybridized carbons (Fsp3) is 0.375. The van der Waals surface area contributed by atoms with Crippen molar-refractivity contribution in [1.82, 2.24) is 19.4 Å². The number of piperazine rings is 1. The Morgan fingerprint density at radius 3 is 2.59 bits per heavy atom. The second-order valence-electron chi connectivity index (χ2n) is 8.21. The van der Waals surface area contributed by atoms with Gasteiger partial charge in [-0.2, -0.15) is 0 Å². The number of carbonyl (C=O) groups is 2. The molecule has 2 heterocycles. The maximum absolute atomic E-state index is 12.8. The molecule has 0 bridgehead atoms. The van der Waals surface area contributed by atoms with Crippen LogP contribution in [0.1, 0.15) is 24.4 Å². The van der Waals surface area contributed by atoms with E-state index in [2.05, 4.69) is 15.2 Å². The van der Waals surface area contributed by atoms with Crippen molar-refractivity contribution in [3.63, 3.8) is 0 Å². The third kappa shape index (κ3) is 4.45. The van der Waals surface area contributed by atoms with Gasteiger partial charge in [0.25, 0.3) is 0 Å². The van der Waals surface area contributed by atoms with E-state index in [-0.39, 0.29) is 24.4 Å². The van der Waals surface area contributed by atoms with Gasteiger partial charge in [0.05, 0.1) is 30.7 Å². The number of carbonyl (C=O) groups excluding carboxylic acids is 2. The lowest BCUT2D eigenvalue weighted by Crippen LogP contribution is -2.51. The summed E-state index contributed by atoms with van der Waals surface area (Å²) in [6, 6.07) is 13.4. The molecular weight excluding hydrogens is 406 g/mol. The molecular formula is C24H29N5O3. The molecule has 2 aromatic carbocycles. The van der Waals surface area contributed by atoms with Crippen molar-refractivity contribution in [3.8, 4) is 5.75 Å². The minimum absolute atomic E-state index is 0.0360. The fourth-order valence-electron chi connectivity index (χ4n) is 4.27. The van der Waals surface area contributed by atoms with Crippen LogP contribution in [-0.2, 0) is 16.6 Å². The standard InChI is InChI=1S/C24H29N5O3/c1-16-25-21-13-19(7-10-22(21)27(16)3)26-24(31)15-28-11-12-29(17(2)30)23(14-28)18-5-8-20(32-4)9-6-18/h5-10,13,23H,11-12,14-15H2,1-4H3,(H,26,31). The summed E-state index contributed by atoms with van der Waals surface area (Å²) in [6.45, 7) is 5.64. The summed E-state index contributed by atoms with van der Waals surface area (Å²) in [7, 11) is 3.60. The maximum Gasteiger partial charge on any atom is 0.238 e. The van der Waals surface area contributed by atoms with Gasteiger partial charge in [0, 0.05) is 39.3 Å². The normalized spacial score (nSPS) is 16.9. The van der Waals surface area contributed by atoms with Crippen LogP contribution < -0.4 is 10.1 Å². The number of aryl methyl sites for hydroxylation is 2. The van der Waals surface area contributed by atoms with Gasteiger partial charge in [0.2, 0.25) is 11.8 Å². The summed E-state index contributed by atoms with van der Waals surface area (Å²) in [4.78, 5) is 33.5. The van der Waals surface area contributed by atoms with E-state index in [9.17, 15) is 9.59 Å². The Morgan fingerprint density at radius 2 is 1.91 bits per heavy atom. The minimum Gasteiger partial charge on any atom is -0.497 e. The molecule has 168 valence electrons. The Labute approximate surface area is 187 Å². The number of aromatic nitrogens is 2. The molecule has 32 heavy (non-hydrogen) atoms. The van der Waals surface area contributed by atoms with E-state index in [1.54, 1.807) is 14.0 Å². The van der Waals surface area contributed by atoms with Crippen molar-refractivity contribution in [2.75, 3.05) is 38.6 Å². The number of methoxy groups -OCH3 is 1. The number of rotatable bonds is 5. The molecule has 1 aliphatic rings. The van der Waals surface area contributed by atoms with E-state index in [0.717, 1.165) is 33.9 Å². The van der Waals surface area contributed by atoms with Crippen LogP contribution in [0.3, 0.4) is 0 Å². The molecule has 0 saturated carbocycles. The van der Waals surface area contributed by atoms with Gasteiger partial charge in [-0.25, -0.2) is 4.98 Å². The van der Waals surface area contributed by atoms with Crippen molar-refractivity contribution in [1.29, 1.82) is 0 Å². The lowest BCUT2D eigenvalue weighted by molar-refractivity contribution is -0.134.